The number of aromatic nitrogens is 1. The zero-order valence-electron chi connectivity index (χ0n) is 16.5. The van der Waals surface area contributed by atoms with Gasteiger partial charge in [0.1, 0.15) is 16.4 Å². The van der Waals surface area contributed by atoms with Gasteiger partial charge in [0.2, 0.25) is 5.91 Å². The summed E-state index contributed by atoms with van der Waals surface area (Å²) in [5, 5.41) is 9.86. The Morgan fingerprint density at radius 1 is 1.26 bits per heavy atom. The molecule has 0 fully saturated rings. The lowest BCUT2D eigenvalue weighted by molar-refractivity contribution is -0.119. The van der Waals surface area contributed by atoms with Crippen LogP contribution >= 0.6 is 35.3 Å². The fourth-order valence-electron chi connectivity index (χ4n) is 2.05. The van der Waals surface area contributed by atoms with Gasteiger partial charge in [-0.2, -0.15) is 0 Å². The highest BCUT2D eigenvalue weighted by atomic mass is 127. The van der Waals surface area contributed by atoms with Crippen molar-refractivity contribution in [3.05, 3.63) is 15.6 Å². The predicted octanol–water partition coefficient (Wildman–Crippen LogP) is 2.39. The van der Waals surface area contributed by atoms with Crippen LogP contribution in [0.3, 0.4) is 0 Å². The first-order chi connectivity index (χ1) is 12.4. The first kappa shape index (κ1) is 25.6. The zero-order chi connectivity index (χ0) is 19.5. The lowest BCUT2D eigenvalue weighted by atomic mass is 10.3. The molecule has 0 aromatic carbocycles. The Balaban J connectivity index is 0.00000676. The number of aryl methyl sites for hydroxylation is 1. The van der Waals surface area contributed by atoms with Gasteiger partial charge in [-0.05, 0) is 34.1 Å². The number of nitrogens with zero attached hydrogens (tertiary/aromatic N) is 2. The van der Waals surface area contributed by atoms with Crippen LogP contribution in [0.1, 0.15) is 60.5 Å². The van der Waals surface area contributed by atoms with Crippen LogP contribution in [0.2, 0.25) is 0 Å². The molecule has 1 aromatic heterocycles. The summed E-state index contributed by atoms with van der Waals surface area (Å²) >= 11 is 1.30. The third-order valence-electron chi connectivity index (χ3n) is 3.29. The standard InChI is InChI=1S/C17H29N5O3S.HI/c1-6-9-19-13(23)10-20-17(18-7-2)22-12(5)15-21-11(4)14(26-15)16(24)25-8-3;/h12H,6-10H2,1-5H3,(H,19,23)(H2,18,20,22);1H. The maximum atomic E-state index is 11.9. The molecule has 8 nitrogen and oxygen atoms in total. The summed E-state index contributed by atoms with van der Waals surface area (Å²) in [4.78, 5) is 32.9. The Labute approximate surface area is 182 Å². The van der Waals surface area contributed by atoms with Crippen LogP contribution in [0.25, 0.3) is 0 Å². The van der Waals surface area contributed by atoms with E-state index in [9.17, 15) is 9.59 Å². The van der Waals surface area contributed by atoms with E-state index in [1.165, 1.54) is 11.3 Å². The maximum absolute atomic E-state index is 11.9. The molecule has 1 heterocycles. The monoisotopic (exact) mass is 511 g/mol. The summed E-state index contributed by atoms with van der Waals surface area (Å²) < 4.78 is 5.05. The molecule has 1 rings (SSSR count). The molecule has 0 aliphatic rings. The van der Waals surface area contributed by atoms with Crippen LogP contribution in [0.15, 0.2) is 4.99 Å². The molecule has 1 atom stereocenters. The van der Waals surface area contributed by atoms with Crippen LogP contribution in [0, 0.1) is 6.92 Å². The molecule has 0 radical (unpaired) electrons. The van der Waals surface area contributed by atoms with Crippen molar-refractivity contribution in [1.82, 2.24) is 20.9 Å². The lowest BCUT2D eigenvalue weighted by Gasteiger charge is -2.16. The summed E-state index contributed by atoms with van der Waals surface area (Å²) in [6.45, 7) is 11.1. The molecule has 0 saturated carbocycles. The van der Waals surface area contributed by atoms with E-state index < -0.39 is 0 Å². The molecule has 0 aliphatic carbocycles. The van der Waals surface area contributed by atoms with Gasteiger partial charge in [-0.1, -0.05) is 6.92 Å². The summed E-state index contributed by atoms with van der Waals surface area (Å²) in [6, 6.07) is -0.168. The van der Waals surface area contributed by atoms with Crippen molar-refractivity contribution in [3.63, 3.8) is 0 Å². The summed E-state index contributed by atoms with van der Waals surface area (Å²) in [5.74, 6) is 0.0534. The lowest BCUT2D eigenvalue weighted by Crippen LogP contribution is -2.39. The normalized spacial score (nSPS) is 12.0. The number of rotatable bonds is 9. The Hall–Kier alpha value is -1.43. The van der Waals surface area contributed by atoms with Crippen molar-refractivity contribution in [2.45, 2.75) is 47.1 Å². The summed E-state index contributed by atoms with van der Waals surface area (Å²) in [5.41, 5.74) is 0.651. The Morgan fingerprint density at radius 2 is 1.96 bits per heavy atom. The molecule has 0 bridgehead atoms. The second-order valence-electron chi connectivity index (χ2n) is 5.60. The van der Waals surface area contributed by atoms with Crippen molar-refractivity contribution in [2.24, 2.45) is 4.99 Å². The number of amides is 1. The SMILES string of the molecule is CCCNC(=O)CN=C(NCC)NC(C)c1nc(C)c(C(=O)OCC)s1.I. The van der Waals surface area contributed by atoms with Crippen LogP contribution in [0.4, 0.5) is 0 Å². The molecule has 0 spiro atoms. The number of hydrogen-bond acceptors (Lipinski definition) is 6. The highest BCUT2D eigenvalue weighted by Gasteiger charge is 2.20. The number of hydrogen-bond donors (Lipinski definition) is 3. The van der Waals surface area contributed by atoms with Crippen LogP contribution in [-0.2, 0) is 9.53 Å². The van der Waals surface area contributed by atoms with E-state index in [0.717, 1.165) is 11.4 Å². The molecule has 1 amide bonds. The minimum atomic E-state index is -0.353. The smallest absolute Gasteiger partial charge is 0.350 e. The third kappa shape index (κ3) is 8.87. The van der Waals surface area contributed by atoms with E-state index >= 15 is 0 Å². The van der Waals surface area contributed by atoms with Crippen LogP contribution in [-0.4, -0.2) is 49.1 Å². The third-order valence-corrected chi connectivity index (χ3v) is 4.61. The Bertz CT molecular complexity index is 636. The fraction of sp³-hybridized carbons (Fsp3) is 0.647. The van der Waals surface area contributed by atoms with Crippen molar-refractivity contribution >= 4 is 53.1 Å². The number of carbonyl (C=O) groups is 2. The summed E-state index contributed by atoms with van der Waals surface area (Å²) in [6.07, 6.45) is 0.886. The van der Waals surface area contributed by atoms with E-state index in [4.69, 9.17) is 4.74 Å². The molecule has 27 heavy (non-hydrogen) atoms. The van der Waals surface area contributed by atoms with Gasteiger partial charge in [0.25, 0.3) is 0 Å². The van der Waals surface area contributed by atoms with Gasteiger partial charge in [0, 0.05) is 13.1 Å². The number of esters is 1. The van der Waals surface area contributed by atoms with E-state index in [-0.39, 0.29) is 48.4 Å². The Kier molecular flexibility index (Phi) is 13.0. The van der Waals surface area contributed by atoms with E-state index in [1.807, 2.05) is 20.8 Å². The van der Waals surface area contributed by atoms with Gasteiger partial charge < -0.3 is 20.7 Å². The molecule has 0 saturated heterocycles. The molecule has 10 heteroatoms. The number of halogens is 1. The number of guanidine groups is 1. The first-order valence-corrected chi connectivity index (χ1v) is 9.70. The molecule has 3 N–H and O–H groups in total. The molecular weight excluding hydrogens is 481 g/mol. The van der Waals surface area contributed by atoms with Crippen LogP contribution < -0.4 is 16.0 Å². The van der Waals surface area contributed by atoms with E-state index in [1.54, 1.807) is 13.8 Å². The molecule has 1 aromatic rings. The number of aliphatic imine (C=N–C) groups is 1. The second kappa shape index (κ2) is 13.7. The minimum absolute atomic E-state index is 0. The van der Waals surface area contributed by atoms with Crippen molar-refractivity contribution in [3.8, 4) is 0 Å². The fourth-order valence-corrected chi connectivity index (χ4v) is 3.01. The van der Waals surface area contributed by atoms with Gasteiger partial charge in [-0.15, -0.1) is 35.3 Å². The largest absolute Gasteiger partial charge is 0.462 e. The topological polar surface area (TPSA) is 105 Å². The van der Waals surface area contributed by atoms with Crippen molar-refractivity contribution < 1.29 is 14.3 Å². The number of ether oxygens (including phenoxy) is 1. The van der Waals surface area contributed by atoms with E-state index in [0.29, 0.717) is 36.2 Å². The van der Waals surface area contributed by atoms with Gasteiger partial charge in [-0.3, -0.25) is 4.79 Å². The maximum Gasteiger partial charge on any atom is 0.350 e. The van der Waals surface area contributed by atoms with Crippen molar-refractivity contribution in [1.29, 1.82) is 0 Å². The Morgan fingerprint density at radius 3 is 2.56 bits per heavy atom. The second-order valence-corrected chi connectivity index (χ2v) is 6.63. The van der Waals surface area contributed by atoms with E-state index in [2.05, 4.69) is 25.9 Å². The average Bonchev–Trinajstić information content (AvgIpc) is 3.00. The highest BCUT2D eigenvalue weighted by Crippen LogP contribution is 2.24. The zero-order valence-corrected chi connectivity index (χ0v) is 19.7. The first-order valence-electron chi connectivity index (χ1n) is 8.88. The van der Waals surface area contributed by atoms with Gasteiger partial charge in [-0.25, -0.2) is 14.8 Å². The van der Waals surface area contributed by atoms with Gasteiger partial charge >= 0.3 is 5.97 Å². The summed E-state index contributed by atoms with van der Waals surface area (Å²) in [7, 11) is 0. The number of nitrogens with one attached hydrogen (secondary N) is 3. The minimum Gasteiger partial charge on any atom is -0.462 e. The average molecular weight is 511 g/mol. The number of thiazole rings is 1. The molecular formula is C17H30IN5O3S. The van der Waals surface area contributed by atoms with Gasteiger partial charge in [0.15, 0.2) is 5.96 Å². The molecule has 0 aliphatic heterocycles. The number of carbonyl (C=O) groups excluding carboxylic acids is 2. The van der Waals surface area contributed by atoms with Crippen LogP contribution in [0.5, 0.6) is 0 Å². The predicted molar refractivity (Wildman–Crippen MR) is 119 cm³/mol. The quantitative estimate of drug-likeness (QED) is 0.204. The van der Waals surface area contributed by atoms with Gasteiger partial charge in [0.05, 0.1) is 18.3 Å². The molecule has 1 unspecified atom stereocenters. The molecule has 154 valence electrons. The van der Waals surface area contributed by atoms with Crippen molar-refractivity contribution in [2.75, 3.05) is 26.2 Å². The highest BCUT2D eigenvalue weighted by molar-refractivity contribution is 14.0.